The number of halogens is 2. The molecule has 0 radical (unpaired) electrons. The highest BCUT2D eigenvalue weighted by atomic mass is 35.5. The zero-order valence-corrected chi connectivity index (χ0v) is 16.8. The quantitative estimate of drug-likeness (QED) is 0.720. The van der Waals surface area contributed by atoms with E-state index in [4.69, 9.17) is 21.4 Å². The molecule has 30 heavy (non-hydrogen) atoms. The van der Waals surface area contributed by atoms with Crippen LogP contribution in [0.1, 0.15) is 35.2 Å². The number of rotatable bonds is 6. The van der Waals surface area contributed by atoms with Gasteiger partial charge in [0.1, 0.15) is 5.82 Å². The lowest BCUT2D eigenvalue weighted by molar-refractivity contribution is -0.137. The summed E-state index contributed by atoms with van der Waals surface area (Å²) in [5.41, 5.74) is 0.742. The van der Waals surface area contributed by atoms with Gasteiger partial charge in [-0.2, -0.15) is 0 Å². The summed E-state index contributed by atoms with van der Waals surface area (Å²) in [5.74, 6) is -1.93. The van der Waals surface area contributed by atoms with E-state index in [0.717, 1.165) is 12.8 Å². The van der Waals surface area contributed by atoms with Gasteiger partial charge in [0, 0.05) is 37.9 Å². The third-order valence-electron chi connectivity index (χ3n) is 5.24. The molecule has 1 amide bonds. The van der Waals surface area contributed by atoms with E-state index in [1.807, 2.05) is 0 Å². The summed E-state index contributed by atoms with van der Waals surface area (Å²) in [6.45, 7) is 1.49. The van der Waals surface area contributed by atoms with Crippen LogP contribution < -0.4 is 5.32 Å². The summed E-state index contributed by atoms with van der Waals surface area (Å²) in [4.78, 5) is 33.3. The van der Waals surface area contributed by atoms with E-state index in [1.165, 1.54) is 17.2 Å². The van der Waals surface area contributed by atoms with Gasteiger partial charge in [0.05, 0.1) is 28.9 Å². The Morgan fingerprint density at radius 1 is 1.37 bits per heavy atom. The molecule has 4 rings (SSSR count). The fourth-order valence-corrected chi connectivity index (χ4v) is 3.85. The minimum atomic E-state index is -1.02. The molecule has 1 saturated heterocycles. The second-order valence-corrected chi connectivity index (χ2v) is 7.66. The maximum atomic E-state index is 15.3. The number of benzene rings is 1. The fourth-order valence-electron chi connectivity index (χ4n) is 3.66. The molecule has 2 N–H and O–H groups in total. The lowest BCUT2D eigenvalue weighted by Gasteiger charge is -2.23. The average molecular weight is 435 g/mol. The fraction of sp³-hybridized carbons (Fsp3) is 0.400. The topological polar surface area (TPSA) is 105 Å². The molecule has 2 aliphatic rings. The molecule has 158 valence electrons. The summed E-state index contributed by atoms with van der Waals surface area (Å²) >= 11 is 6.25. The van der Waals surface area contributed by atoms with E-state index in [0.29, 0.717) is 24.7 Å². The molecule has 3 heterocycles. The van der Waals surface area contributed by atoms with Crippen LogP contribution in [0.4, 0.5) is 10.3 Å². The number of ether oxygens (including phenoxy) is 1. The van der Waals surface area contributed by atoms with Crippen molar-refractivity contribution in [3.8, 4) is 11.3 Å². The summed E-state index contributed by atoms with van der Waals surface area (Å²) < 4.78 is 20.7. The van der Waals surface area contributed by atoms with Crippen LogP contribution in [-0.2, 0) is 16.1 Å². The molecule has 0 saturated carbocycles. The molecule has 10 heteroatoms. The highest BCUT2D eigenvalue weighted by molar-refractivity contribution is 6.33. The molecule has 2 aromatic rings. The largest absolute Gasteiger partial charge is 0.481 e. The monoisotopic (exact) mass is 434 g/mol. The third-order valence-corrected chi connectivity index (χ3v) is 5.52. The normalized spacial score (nSPS) is 16.6. The number of nitrogens with zero attached hydrogens (tertiary/aromatic N) is 3. The van der Waals surface area contributed by atoms with Crippen molar-refractivity contribution in [3.05, 3.63) is 40.3 Å². The lowest BCUT2D eigenvalue weighted by Crippen LogP contribution is -2.28. The summed E-state index contributed by atoms with van der Waals surface area (Å²) in [7, 11) is 0. The molecular formula is C20H20ClFN4O4. The summed E-state index contributed by atoms with van der Waals surface area (Å²) in [6.07, 6.45) is 2.83. The lowest BCUT2D eigenvalue weighted by atomic mass is 10.0. The highest BCUT2D eigenvalue weighted by Crippen LogP contribution is 2.34. The van der Waals surface area contributed by atoms with Gasteiger partial charge < -0.3 is 20.1 Å². The van der Waals surface area contributed by atoms with Crippen molar-refractivity contribution >= 4 is 29.4 Å². The van der Waals surface area contributed by atoms with Crippen LogP contribution in [0.15, 0.2) is 18.3 Å². The van der Waals surface area contributed by atoms with Gasteiger partial charge in [-0.25, -0.2) is 14.4 Å². The first-order valence-electron chi connectivity index (χ1n) is 9.63. The molecule has 0 aliphatic carbocycles. The average Bonchev–Trinajstić information content (AvgIpc) is 3.05. The second-order valence-electron chi connectivity index (χ2n) is 7.25. The number of anilines is 1. The van der Waals surface area contributed by atoms with E-state index in [9.17, 15) is 9.59 Å². The number of nitrogens with one attached hydrogen (secondary N) is 1. The molecule has 0 unspecified atom stereocenters. The summed E-state index contributed by atoms with van der Waals surface area (Å²) in [5, 5.41) is 12.2. The Hall–Kier alpha value is -2.78. The van der Waals surface area contributed by atoms with Crippen molar-refractivity contribution in [3.63, 3.8) is 0 Å². The SMILES string of the molecule is O=C(O)CCN1Cc2ccc(-c3nc(NC4CCOCC4)ncc3Cl)c(F)c2C1=O. The smallest absolute Gasteiger partial charge is 0.305 e. The molecule has 1 fully saturated rings. The molecule has 1 aromatic carbocycles. The third kappa shape index (κ3) is 4.08. The van der Waals surface area contributed by atoms with Crippen molar-refractivity contribution in [1.29, 1.82) is 0 Å². The maximum Gasteiger partial charge on any atom is 0.305 e. The number of fused-ring (bicyclic) bond motifs is 1. The minimum absolute atomic E-state index is 0.0189. The number of amides is 1. The number of carboxylic acid groups (broad SMARTS) is 1. The Labute approximate surface area is 177 Å². The van der Waals surface area contributed by atoms with Crippen molar-refractivity contribution in [2.75, 3.05) is 25.1 Å². The van der Waals surface area contributed by atoms with Gasteiger partial charge in [-0.15, -0.1) is 0 Å². The van der Waals surface area contributed by atoms with Crippen LogP contribution in [-0.4, -0.2) is 57.7 Å². The second kappa shape index (κ2) is 8.53. The molecule has 1 aromatic heterocycles. The number of carboxylic acids is 1. The molecular weight excluding hydrogens is 415 g/mol. The predicted octanol–water partition coefficient (Wildman–Crippen LogP) is 2.96. The Balaban J connectivity index is 1.62. The predicted molar refractivity (Wildman–Crippen MR) is 107 cm³/mol. The number of aliphatic carboxylic acids is 1. The van der Waals surface area contributed by atoms with Gasteiger partial charge in [-0.05, 0) is 24.5 Å². The molecule has 0 bridgehead atoms. The number of hydrogen-bond donors (Lipinski definition) is 2. The molecule has 0 atom stereocenters. The van der Waals surface area contributed by atoms with E-state index in [-0.39, 0.29) is 47.4 Å². The Morgan fingerprint density at radius 2 is 2.13 bits per heavy atom. The van der Waals surface area contributed by atoms with E-state index >= 15 is 4.39 Å². The Bertz CT molecular complexity index is 997. The molecule has 2 aliphatic heterocycles. The number of hydrogen-bond acceptors (Lipinski definition) is 6. The molecule has 8 nitrogen and oxygen atoms in total. The van der Waals surface area contributed by atoms with Crippen LogP contribution in [0, 0.1) is 5.82 Å². The van der Waals surface area contributed by atoms with Crippen molar-refractivity contribution < 1.29 is 23.8 Å². The van der Waals surface area contributed by atoms with Crippen molar-refractivity contribution in [1.82, 2.24) is 14.9 Å². The summed E-state index contributed by atoms with van der Waals surface area (Å²) in [6, 6.07) is 3.34. The van der Waals surface area contributed by atoms with Crippen molar-refractivity contribution in [2.24, 2.45) is 0 Å². The van der Waals surface area contributed by atoms with Crippen LogP contribution >= 0.6 is 11.6 Å². The first kappa shape index (κ1) is 20.5. The number of carbonyl (C=O) groups excluding carboxylic acids is 1. The van der Waals surface area contributed by atoms with Gasteiger partial charge in [-0.1, -0.05) is 17.7 Å². The van der Waals surface area contributed by atoms with Gasteiger partial charge in [0.25, 0.3) is 5.91 Å². The van der Waals surface area contributed by atoms with Crippen molar-refractivity contribution in [2.45, 2.75) is 31.8 Å². The van der Waals surface area contributed by atoms with E-state index in [2.05, 4.69) is 15.3 Å². The highest BCUT2D eigenvalue weighted by Gasteiger charge is 2.32. The minimum Gasteiger partial charge on any atom is -0.481 e. The van der Waals surface area contributed by atoms with Crippen LogP contribution in [0.3, 0.4) is 0 Å². The van der Waals surface area contributed by atoms with Gasteiger partial charge in [0.15, 0.2) is 0 Å². The molecule has 0 spiro atoms. The first-order valence-corrected chi connectivity index (χ1v) is 10.0. The zero-order valence-electron chi connectivity index (χ0n) is 16.0. The zero-order chi connectivity index (χ0) is 21.3. The van der Waals surface area contributed by atoms with Crippen LogP contribution in [0.25, 0.3) is 11.3 Å². The number of carbonyl (C=O) groups is 2. The number of aromatic nitrogens is 2. The standard InChI is InChI=1S/C20H20ClFN4O4/c21-14-9-23-20(24-12-4-7-30-8-5-12)25-18(14)13-2-1-11-10-26(6-3-15(27)28)19(29)16(11)17(13)22/h1-2,9,12H,3-8,10H2,(H,27,28)(H,23,24,25). The van der Waals surface area contributed by atoms with Crippen LogP contribution in [0.2, 0.25) is 5.02 Å². The van der Waals surface area contributed by atoms with Gasteiger partial charge >= 0.3 is 5.97 Å². The van der Waals surface area contributed by atoms with Crippen LogP contribution in [0.5, 0.6) is 0 Å². The Morgan fingerprint density at radius 3 is 2.87 bits per heavy atom. The van der Waals surface area contributed by atoms with E-state index < -0.39 is 17.7 Å². The van der Waals surface area contributed by atoms with Gasteiger partial charge in [0.2, 0.25) is 5.95 Å². The maximum absolute atomic E-state index is 15.3. The first-order chi connectivity index (χ1) is 14.4. The Kier molecular flexibility index (Phi) is 5.83. The van der Waals surface area contributed by atoms with Gasteiger partial charge in [-0.3, -0.25) is 9.59 Å². The van der Waals surface area contributed by atoms with E-state index in [1.54, 1.807) is 6.07 Å².